The molecule has 1 saturated heterocycles. The van der Waals surface area contributed by atoms with Crippen LogP contribution in [0, 0.1) is 0 Å². The maximum atomic E-state index is 6.75. The molecule has 0 aromatic rings. The third-order valence-corrected chi connectivity index (χ3v) is 19.7. The van der Waals surface area contributed by atoms with Crippen LogP contribution in [0.1, 0.15) is 52.4 Å². The fraction of sp³-hybridized carbons (Fsp3) is 0.778. The lowest BCUT2D eigenvalue weighted by molar-refractivity contribution is 0.244. The maximum absolute atomic E-state index is 6.75. The van der Waals surface area contributed by atoms with E-state index < -0.39 is 34.2 Å². The van der Waals surface area contributed by atoms with Crippen molar-refractivity contribution in [2.24, 2.45) is 0 Å². The molecule has 0 amide bonds. The van der Waals surface area contributed by atoms with E-state index in [1.165, 1.54) is 25.7 Å². The predicted molar refractivity (Wildman–Crippen MR) is 120 cm³/mol. The number of allylic oxidation sites excluding steroid dienone is 2. The minimum atomic E-state index is -2.66. The lowest BCUT2D eigenvalue weighted by Gasteiger charge is -2.46. The molecule has 1 aliphatic rings. The molecule has 0 aliphatic carbocycles. The average Bonchev–Trinajstić information content (AvgIpc) is 2.43. The average molecular weight is 433 g/mol. The van der Waals surface area contributed by atoms with E-state index in [-0.39, 0.29) is 0 Å². The van der Waals surface area contributed by atoms with Crippen LogP contribution in [0.15, 0.2) is 23.6 Å². The minimum absolute atomic E-state index is 1.06. The monoisotopic (exact) mass is 432 g/mol. The quantitative estimate of drug-likeness (QED) is 0.339. The Kier molecular flexibility index (Phi) is 9.42. The van der Waals surface area contributed by atoms with Gasteiger partial charge in [0.05, 0.1) is 0 Å². The van der Waals surface area contributed by atoms with Crippen LogP contribution in [0.4, 0.5) is 0 Å². The van der Waals surface area contributed by atoms with Crippen molar-refractivity contribution in [3.63, 3.8) is 0 Å². The van der Waals surface area contributed by atoms with Crippen molar-refractivity contribution in [1.29, 1.82) is 0 Å². The highest BCUT2D eigenvalue weighted by atomic mass is 28.5. The Bertz CT molecular complexity index is 448. The second-order valence-electron chi connectivity index (χ2n) is 8.42. The molecular formula is C18H40O4Si4. The van der Waals surface area contributed by atoms with E-state index in [1.807, 2.05) is 0 Å². The smallest absolute Gasteiger partial charge is 0.373 e. The number of rotatable bonds is 8. The Morgan fingerprint density at radius 1 is 0.577 bits per heavy atom. The molecule has 152 valence electrons. The van der Waals surface area contributed by atoms with Crippen LogP contribution >= 0.6 is 0 Å². The molecule has 0 aromatic heterocycles. The topological polar surface area (TPSA) is 36.9 Å². The summed E-state index contributed by atoms with van der Waals surface area (Å²) in [6.07, 6.45) is 11.4. The molecule has 0 bridgehead atoms. The van der Waals surface area contributed by atoms with Gasteiger partial charge in [-0.05, 0) is 63.5 Å². The molecule has 1 aliphatic heterocycles. The summed E-state index contributed by atoms with van der Waals surface area (Å²) in [5, 5.41) is 0. The molecule has 8 heteroatoms. The zero-order chi connectivity index (χ0) is 19.9. The number of unbranched alkanes of at least 4 members (excludes halogenated alkanes) is 4. The maximum Gasteiger partial charge on any atom is 0.373 e. The first-order chi connectivity index (χ1) is 11.9. The van der Waals surface area contributed by atoms with E-state index in [9.17, 15) is 0 Å². The Morgan fingerprint density at radius 2 is 0.923 bits per heavy atom. The fourth-order valence-electron chi connectivity index (χ4n) is 3.37. The summed E-state index contributed by atoms with van der Waals surface area (Å²) in [6.45, 7) is 17.1. The van der Waals surface area contributed by atoms with Gasteiger partial charge in [0.25, 0.3) is 0 Å². The van der Waals surface area contributed by atoms with E-state index in [0.29, 0.717) is 0 Å². The summed E-state index contributed by atoms with van der Waals surface area (Å²) in [4.78, 5) is 0. The molecule has 1 fully saturated rings. The molecule has 0 unspecified atom stereocenters. The molecular weight excluding hydrogens is 393 g/mol. The lowest BCUT2D eigenvalue weighted by Crippen LogP contribution is -2.65. The van der Waals surface area contributed by atoms with E-state index >= 15 is 0 Å². The van der Waals surface area contributed by atoms with Gasteiger partial charge in [-0.2, -0.15) is 0 Å². The van der Waals surface area contributed by atoms with Crippen molar-refractivity contribution in [3.05, 3.63) is 23.6 Å². The largest absolute Gasteiger partial charge is 0.416 e. The Hall–Kier alpha value is 0.188. The fourth-order valence-corrected chi connectivity index (χ4v) is 23.3. The van der Waals surface area contributed by atoms with Crippen LogP contribution in [-0.2, 0) is 16.5 Å². The highest BCUT2D eigenvalue weighted by molar-refractivity contribution is 6.96. The highest BCUT2D eigenvalue weighted by Gasteiger charge is 2.52. The van der Waals surface area contributed by atoms with Gasteiger partial charge < -0.3 is 16.5 Å². The van der Waals surface area contributed by atoms with E-state index in [2.05, 4.69) is 76.7 Å². The Balaban J connectivity index is 3.19. The summed E-state index contributed by atoms with van der Waals surface area (Å²) in [7, 11) is -9.61. The predicted octanol–water partition coefficient (Wildman–Crippen LogP) is 6.19. The summed E-state index contributed by atoms with van der Waals surface area (Å²) in [6, 6.07) is 0. The van der Waals surface area contributed by atoms with Gasteiger partial charge in [0.15, 0.2) is 0 Å². The van der Waals surface area contributed by atoms with E-state index in [4.69, 9.17) is 16.5 Å². The Morgan fingerprint density at radius 3 is 1.27 bits per heavy atom. The third-order valence-electron chi connectivity index (χ3n) is 3.94. The van der Waals surface area contributed by atoms with Gasteiger partial charge in [-0.25, -0.2) is 0 Å². The van der Waals surface area contributed by atoms with Crippen LogP contribution in [-0.4, -0.2) is 34.2 Å². The van der Waals surface area contributed by atoms with Gasteiger partial charge in [0, 0.05) is 0 Å². The van der Waals surface area contributed by atoms with Crippen molar-refractivity contribution in [2.75, 3.05) is 0 Å². The zero-order valence-electron chi connectivity index (χ0n) is 18.2. The first kappa shape index (κ1) is 24.2. The van der Waals surface area contributed by atoms with Gasteiger partial charge in [-0.3, -0.25) is 0 Å². The van der Waals surface area contributed by atoms with Gasteiger partial charge in [-0.15, -0.1) is 0 Å². The molecule has 0 aromatic carbocycles. The second-order valence-corrected chi connectivity index (χ2v) is 22.2. The standard InChI is InChI=1S/C18H40O4Si4/c1-9-11-13-15-17-26(18-16-14-12-10-2)21-24(5,6)19-23(3,4)20-25(7,8)22-26/h15-18H,9-14H2,1-8H3. The van der Waals surface area contributed by atoms with Gasteiger partial charge in [0.2, 0.25) is 0 Å². The third kappa shape index (κ3) is 8.92. The molecule has 4 nitrogen and oxygen atoms in total. The van der Waals surface area contributed by atoms with Gasteiger partial charge in [0.1, 0.15) is 0 Å². The Labute approximate surface area is 166 Å². The van der Waals surface area contributed by atoms with Gasteiger partial charge >= 0.3 is 34.2 Å². The molecule has 0 N–H and O–H groups in total. The first-order valence-corrected chi connectivity index (χ1v) is 20.5. The van der Waals surface area contributed by atoms with Crippen molar-refractivity contribution < 1.29 is 16.5 Å². The van der Waals surface area contributed by atoms with Crippen LogP contribution in [0.5, 0.6) is 0 Å². The number of hydrogen-bond acceptors (Lipinski definition) is 4. The number of hydrogen-bond donors (Lipinski definition) is 0. The SMILES string of the molecule is CCCCC=C[Si]1(C=CCCCC)O[Si](C)(C)O[Si](C)(C)O[Si](C)(C)O1. The van der Waals surface area contributed by atoms with Crippen LogP contribution in [0.2, 0.25) is 39.3 Å². The van der Waals surface area contributed by atoms with E-state index in [0.717, 1.165) is 12.8 Å². The van der Waals surface area contributed by atoms with Crippen LogP contribution in [0.25, 0.3) is 0 Å². The van der Waals surface area contributed by atoms with Crippen molar-refractivity contribution in [3.8, 4) is 0 Å². The zero-order valence-corrected chi connectivity index (χ0v) is 22.2. The highest BCUT2D eigenvalue weighted by Crippen LogP contribution is 2.32. The normalized spacial score (nSPS) is 24.6. The summed E-state index contributed by atoms with van der Waals surface area (Å²) in [5.74, 6) is 0. The summed E-state index contributed by atoms with van der Waals surface area (Å²) < 4.78 is 26.4. The van der Waals surface area contributed by atoms with Crippen LogP contribution in [0.3, 0.4) is 0 Å². The molecule has 26 heavy (non-hydrogen) atoms. The molecule has 0 atom stereocenters. The molecule has 1 rings (SSSR count). The van der Waals surface area contributed by atoms with Crippen LogP contribution < -0.4 is 0 Å². The van der Waals surface area contributed by atoms with Crippen molar-refractivity contribution in [2.45, 2.75) is 91.7 Å². The minimum Gasteiger partial charge on any atom is -0.416 e. The van der Waals surface area contributed by atoms with Crippen molar-refractivity contribution in [1.82, 2.24) is 0 Å². The molecule has 1 heterocycles. The first-order valence-electron chi connectivity index (χ1n) is 10.1. The molecule has 0 saturated carbocycles. The second kappa shape index (κ2) is 10.1. The molecule has 0 radical (unpaired) electrons. The summed E-state index contributed by atoms with van der Waals surface area (Å²) in [5.41, 5.74) is 4.45. The van der Waals surface area contributed by atoms with Crippen molar-refractivity contribution >= 4 is 34.2 Å². The lowest BCUT2D eigenvalue weighted by atomic mass is 10.2. The van der Waals surface area contributed by atoms with E-state index in [1.54, 1.807) is 0 Å². The summed E-state index contributed by atoms with van der Waals surface area (Å²) >= 11 is 0. The molecule has 0 spiro atoms. The van der Waals surface area contributed by atoms with Gasteiger partial charge in [-0.1, -0.05) is 51.7 Å².